The monoisotopic (exact) mass is 493 g/mol. The minimum absolute atomic E-state index is 0.0816. The van der Waals surface area contributed by atoms with Crippen LogP contribution in [0.4, 0.5) is 5.69 Å². The minimum atomic E-state index is -3.78. The number of hydrogen-bond acceptors (Lipinski definition) is 7. The number of ketones is 1. The van der Waals surface area contributed by atoms with Crippen LogP contribution in [0.2, 0.25) is 0 Å². The van der Waals surface area contributed by atoms with E-state index in [9.17, 15) is 18.0 Å². The van der Waals surface area contributed by atoms with E-state index in [1.807, 2.05) is 18.2 Å². The summed E-state index contributed by atoms with van der Waals surface area (Å²) in [7, 11) is -3.78. The topological polar surface area (TPSA) is 99.2 Å². The van der Waals surface area contributed by atoms with Gasteiger partial charge in [-0.25, -0.2) is 13.2 Å². The van der Waals surface area contributed by atoms with Crippen molar-refractivity contribution in [3.05, 3.63) is 83.4 Å². The molecular formula is C26H23NO7S. The summed E-state index contributed by atoms with van der Waals surface area (Å²) in [5, 5.41) is 0. The summed E-state index contributed by atoms with van der Waals surface area (Å²) < 4.78 is 44.0. The van der Waals surface area contributed by atoms with E-state index in [1.165, 1.54) is 28.6 Å². The number of esters is 1. The van der Waals surface area contributed by atoms with E-state index in [-0.39, 0.29) is 10.5 Å². The van der Waals surface area contributed by atoms with Crippen molar-refractivity contribution >= 4 is 27.5 Å². The molecule has 0 fully saturated rings. The van der Waals surface area contributed by atoms with Gasteiger partial charge in [-0.05, 0) is 66.9 Å². The van der Waals surface area contributed by atoms with Crippen LogP contribution in [0.1, 0.15) is 32.7 Å². The van der Waals surface area contributed by atoms with Crippen LogP contribution in [0.5, 0.6) is 11.5 Å². The highest BCUT2D eigenvalue weighted by molar-refractivity contribution is 7.92. The minimum Gasteiger partial charge on any atom is -0.486 e. The number of hydrogen-bond donors (Lipinski definition) is 0. The molecule has 0 aromatic heterocycles. The maximum absolute atomic E-state index is 13.3. The zero-order valence-electron chi connectivity index (χ0n) is 18.8. The smallest absolute Gasteiger partial charge is 0.338 e. The zero-order valence-corrected chi connectivity index (χ0v) is 19.6. The standard InChI is InChI=1S/C26H23NO7S/c28-23(20-9-12-24-25(16-20)33-15-14-32-24)17-34-26(29)19-7-10-21(11-8-19)35(30,31)27-13-3-5-18-4-1-2-6-22(18)27/h1-2,4,6-12,16H,3,5,13-15,17H2. The molecule has 0 spiro atoms. The fourth-order valence-electron chi connectivity index (χ4n) is 4.15. The maximum Gasteiger partial charge on any atom is 0.338 e. The number of para-hydroxylation sites is 1. The van der Waals surface area contributed by atoms with E-state index >= 15 is 0 Å². The predicted octanol–water partition coefficient (Wildman–Crippen LogP) is 3.64. The summed E-state index contributed by atoms with van der Waals surface area (Å²) >= 11 is 0. The molecular weight excluding hydrogens is 470 g/mol. The van der Waals surface area contributed by atoms with Gasteiger partial charge in [-0.1, -0.05) is 18.2 Å². The van der Waals surface area contributed by atoms with Crippen LogP contribution in [0, 0.1) is 0 Å². The molecule has 3 aromatic carbocycles. The van der Waals surface area contributed by atoms with Crippen LogP contribution in [0.25, 0.3) is 0 Å². The van der Waals surface area contributed by atoms with Crippen molar-refractivity contribution in [3.63, 3.8) is 0 Å². The highest BCUT2D eigenvalue weighted by Crippen LogP contribution is 2.32. The summed E-state index contributed by atoms with van der Waals surface area (Å²) in [6, 6.07) is 17.8. The lowest BCUT2D eigenvalue weighted by atomic mass is 10.0. The first kappa shape index (κ1) is 22.9. The summed E-state index contributed by atoms with van der Waals surface area (Å²) in [5.74, 6) is -0.0733. The van der Waals surface area contributed by atoms with Crippen molar-refractivity contribution in [3.8, 4) is 11.5 Å². The molecule has 0 bridgehead atoms. The summed E-state index contributed by atoms with van der Waals surface area (Å²) in [4.78, 5) is 25.0. The molecule has 0 saturated carbocycles. The second-order valence-corrected chi connectivity index (χ2v) is 10.1. The molecule has 0 aliphatic carbocycles. The number of benzene rings is 3. The first-order valence-electron chi connectivity index (χ1n) is 11.2. The van der Waals surface area contributed by atoms with Crippen molar-refractivity contribution in [2.75, 3.05) is 30.7 Å². The first-order chi connectivity index (χ1) is 16.9. The molecule has 0 saturated heterocycles. The lowest BCUT2D eigenvalue weighted by molar-refractivity contribution is 0.0474. The molecule has 9 heteroatoms. The normalized spacial score (nSPS) is 14.7. The number of Topliss-reactive ketones (excluding diaryl/α,β-unsaturated/α-hetero) is 1. The van der Waals surface area contributed by atoms with Gasteiger partial charge in [-0.3, -0.25) is 9.10 Å². The fourth-order valence-corrected chi connectivity index (χ4v) is 5.69. The quantitative estimate of drug-likeness (QED) is 0.382. The second kappa shape index (κ2) is 9.42. The summed E-state index contributed by atoms with van der Waals surface area (Å²) in [6.07, 6.45) is 1.57. The largest absolute Gasteiger partial charge is 0.486 e. The average Bonchev–Trinajstić information content (AvgIpc) is 2.91. The second-order valence-electron chi connectivity index (χ2n) is 8.19. The van der Waals surface area contributed by atoms with Gasteiger partial charge in [0.2, 0.25) is 0 Å². The Balaban J connectivity index is 1.25. The van der Waals surface area contributed by atoms with E-state index in [0.717, 1.165) is 18.4 Å². The molecule has 0 atom stereocenters. The lowest BCUT2D eigenvalue weighted by Crippen LogP contribution is -2.35. The molecule has 3 aromatic rings. The van der Waals surface area contributed by atoms with Gasteiger partial charge in [0.25, 0.3) is 10.0 Å². The number of sulfonamides is 1. The Hall–Kier alpha value is -3.85. The Morgan fingerprint density at radius 1 is 0.886 bits per heavy atom. The Bertz CT molecular complexity index is 1380. The van der Waals surface area contributed by atoms with Gasteiger partial charge in [0, 0.05) is 12.1 Å². The number of ether oxygens (including phenoxy) is 3. The molecule has 0 unspecified atom stereocenters. The van der Waals surface area contributed by atoms with Gasteiger partial charge in [0.1, 0.15) is 13.2 Å². The highest BCUT2D eigenvalue weighted by Gasteiger charge is 2.29. The van der Waals surface area contributed by atoms with Gasteiger partial charge < -0.3 is 14.2 Å². The van der Waals surface area contributed by atoms with Crippen LogP contribution in [0.3, 0.4) is 0 Å². The van der Waals surface area contributed by atoms with Crippen LogP contribution in [-0.4, -0.2) is 46.5 Å². The third-order valence-corrected chi connectivity index (χ3v) is 7.77. The molecule has 2 aliphatic heterocycles. The molecule has 8 nitrogen and oxygen atoms in total. The van der Waals surface area contributed by atoms with Crippen molar-refractivity contribution in [1.29, 1.82) is 0 Å². The molecule has 180 valence electrons. The van der Waals surface area contributed by atoms with E-state index in [2.05, 4.69) is 0 Å². The number of fused-ring (bicyclic) bond motifs is 2. The number of nitrogens with zero attached hydrogens (tertiary/aromatic N) is 1. The summed E-state index contributed by atoms with van der Waals surface area (Å²) in [5.41, 5.74) is 2.16. The lowest BCUT2D eigenvalue weighted by Gasteiger charge is -2.30. The Kier molecular flexibility index (Phi) is 6.17. The molecule has 2 aliphatic rings. The number of anilines is 1. The van der Waals surface area contributed by atoms with Crippen molar-refractivity contribution in [1.82, 2.24) is 0 Å². The average molecular weight is 494 g/mol. The van der Waals surface area contributed by atoms with Gasteiger partial charge in [0.15, 0.2) is 23.9 Å². The zero-order chi connectivity index (χ0) is 24.4. The van der Waals surface area contributed by atoms with Crippen LogP contribution in [-0.2, 0) is 21.2 Å². The van der Waals surface area contributed by atoms with Gasteiger partial charge in [-0.2, -0.15) is 0 Å². The highest BCUT2D eigenvalue weighted by atomic mass is 32.2. The van der Waals surface area contributed by atoms with Crippen LogP contribution in [0.15, 0.2) is 71.6 Å². The molecule has 0 amide bonds. The SMILES string of the molecule is O=C(COC(=O)c1ccc(S(=O)(=O)N2CCCc3ccccc32)cc1)c1ccc2c(c1)OCCO2. The molecule has 35 heavy (non-hydrogen) atoms. The number of rotatable bonds is 6. The summed E-state index contributed by atoms with van der Waals surface area (Å²) in [6.45, 7) is 0.785. The number of carbonyl (C=O) groups is 2. The third kappa shape index (κ3) is 4.59. The fraction of sp³-hybridized carbons (Fsp3) is 0.231. The van der Waals surface area contributed by atoms with E-state index < -0.39 is 28.4 Å². The van der Waals surface area contributed by atoms with Crippen molar-refractivity contribution in [2.45, 2.75) is 17.7 Å². The third-order valence-electron chi connectivity index (χ3n) is 5.94. The van der Waals surface area contributed by atoms with Crippen molar-refractivity contribution < 1.29 is 32.2 Å². The number of carbonyl (C=O) groups excluding carboxylic acids is 2. The Morgan fingerprint density at radius 2 is 1.60 bits per heavy atom. The van der Waals surface area contributed by atoms with Gasteiger partial charge in [-0.15, -0.1) is 0 Å². The molecule has 2 heterocycles. The van der Waals surface area contributed by atoms with E-state index in [0.29, 0.717) is 42.5 Å². The van der Waals surface area contributed by atoms with Crippen LogP contribution < -0.4 is 13.8 Å². The predicted molar refractivity (Wildman–Crippen MR) is 128 cm³/mol. The van der Waals surface area contributed by atoms with E-state index in [4.69, 9.17) is 14.2 Å². The Morgan fingerprint density at radius 3 is 2.40 bits per heavy atom. The van der Waals surface area contributed by atoms with Crippen molar-refractivity contribution in [2.24, 2.45) is 0 Å². The van der Waals surface area contributed by atoms with Gasteiger partial charge in [0.05, 0.1) is 16.1 Å². The molecule has 5 rings (SSSR count). The molecule has 0 N–H and O–H groups in total. The van der Waals surface area contributed by atoms with Crippen LogP contribution >= 0.6 is 0 Å². The Labute approximate surface area is 203 Å². The van der Waals surface area contributed by atoms with E-state index in [1.54, 1.807) is 24.3 Å². The number of aryl methyl sites for hydroxylation is 1. The first-order valence-corrected chi connectivity index (χ1v) is 12.7. The van der Waals surface area contributed by atoms with Gasteiger partial charge >= 0.3 is 5.97 Å². The maximum atomic E-state index is 13.3. The molecule has 0 radical (unpaired) electrons.